The van der Waals surface area contributed by atoms with Crippen LogP contribution in [0.15, 0.2) is 0 Å². The summed E-state index contributed by atoms with van der Waals surface area (Å²) in [7, 11) is 0. The van der Waals surface area contributed by atoms with Crippen molar-refractivity contribution in [2.75, 3.05) is 0 Å². The fourth-order valence-corrected chi connectivity index (χ4v) is 2.14. The minimum atomic E-state index is 0.112. The van der Waals surface area contributed by atoms with Gasteiger partial charge in [0.1, 0.15) is 0 Å². The van der Waals surface area contributed by atoms with Gasteiger partial charge in [0, 0.05) is 13.0 Å². The van der Waals surface area contributed by atoms with Crippen molar-refractivity contribution in [3.8, 4) is 0 Å². The van der Waals surface area contributed by atoms with Gasteiger partial charge in [0.15, 0.2) is 0 Å². The van der Waals surface area contributed by atoms with Gasteiger partial charge in [-0.2, -0.15) is 0 Å². The van der Waals surface area contributed by atoms with Crippen molar-refractivity contribution >= 4 is 5.91 Å². The van der Waals surface area contributed by atoms with Crippen LogP contribution in [0.25, 0.3) is 0 Å². The van der Waals surface area contributed by atoms with E-state index in [9.17, 15) is 4.79 Å². The highest BCUT2D eigenvalue weighted by molar-refractivity contribution is 5.73. The van der Waals surface area contributed by atoms with E-state index in [0.717, 1.165) is 12.3 Å². The largest absolute Gasteiger partial charge is 0.353 e. The maximum absolute atomic E-state index is 10.8. The molecule has 12 heavy (non-hydrogen) atoms. The van der Waals surface area contributed by atoms with Crippen molar-refractivity contribution in [2.24, 2.45) is 11.8 Å². The van der Waals surface area contributed by atoms with Crippen LogP contribution >= 0.6 is 0 Å². The predicted octanol–water partition coefficient (Wildman–Crippen LogP) is 1.95. The van der Waals surface area contributed by atoms with Gasteiger partial charge >= 0.3 is 0 Å². The van der Waals surface area contributed by atoms with Crippen molar-refractivity contribution in [3.05, 3.63) is 0 Å². The fourth-order valence-electron chi connectivity index (χ4n) is 2.14. The van der Waals surface area contributed by atoms with E-state index >= 15 is 0 Å². The molecule has 0 aliphatic heterocycles. The number of carbonyl (C=O) groups excluding carboxylic acids is 1. The smallest absolute Gasteiger partial charge is 0.217 e. The average molecular weight is 169 g/mol. The normalized spacial score (nSPS) is 36.1. The van der Waals surface area contributed by atoms with Crippen LogP contribution in [-0.4, -0.2) is 11.9 Å². The molecule has 1 fully saturated rings. The standard InChI is InChI=1S/C10H19NO/c1-7-4-5-10(8(2)6-7)11-9(3)12/h7-8,10H,4-6H2,1-3H3,(H,11,12). The number of hydrogen-bond donors (Lipinski definition) is 1. The lowest BCUT2D eigenvalue weighted by molar-refractivity contribution is -0.120. The molecule has 2 heteroatoms. The second kappa shape index (κ2) is 3.92. The average Bonchev–Trinajstić information content (AvgIpc) is 1.94. The van der Waals surface area contributed by atoms with Gasteiger partial charge in [-0.3, -0.25) is 4.79 Å². The third-order valence-corrected chi connectivity index (χ3v) is 2.82. The summed E-state index contributed by atoms with van der Waals surface area (Å²) in [5, 5.41) is 3.01. The molecule has 2 nitrogen and oxygen atoms in total. The second-order valence-corrected chi connectivity index (χ2v) is 4.20. The monoisotopic (exact) mass is 169 g/mol. The molecule has 3 atom stereocenters. The lowest BCUT2D eigenvalue weighted by Crippen LogP contribution is -2.41. The van der Waals surface area contributed by atoms with Crippen LogP contribution in [-0.2, 0) is 4.79 Å². The summed E-state index contributed by atoms with van der Waals surface area (Å²) in [6, 6.07) is 0.429. The minimum absolute atomic E-state index is 0.112. The van der Waals surface area contributed by atoms with Gasteiger partial charge in [-0.25, -0.2) is 0 Å². The van der Waals surface area contributed by atoms with Crippen LogP contribution < -0.4 is 5.32 Å². The zero-order valence-corrected chi connectivity index (χ0v) is 8.26. The van der Waals surface area contributed by atoms with E-state index in [1.807, 2.05) is 0 Å². The molecule has 0 bridgehead atoms. The summed E-state index contributed by atoms with van der Waals surface area (Å²) in [4.78, 5) is 10.8. The van der Waals surface area contributed by atoms with E-state index in [0.29, 0.717) is 12.0 Å². The van der Waals surface area contributed by atoms with Crippen molar-refractivity contribution in [1.29, 1.82) is 0 Å². The molecule has 3 unspecified atom stereocenters. The molecule has 1 aliphatic rings. The Hall–Kier alpha value is -0.530. The van der Waals surface area contributed by atoms with Gasteiger partial charge in [-0.05, 0) is 31.1 Å². The van der Waals surface area contributed by atoms with Gasteiger partial charge in [-0.15, -0.1) is 0 Å². The van der Waals surface area contributed by atoms with Crippen LogP contribution in [0.3, 0.4) is 0 Å². The van der Waals surface area contributed by atoms with E-state index in [2.05, 4.69) is 19.2 Å². The number of carbonyl (C=O) groups is 1. The molecule has 0 aromatic rings. The Labute approximate surface area is 74.7 Å². The predicted molar refractivity (Wildman–Crippen MR) is 49.8 cm³/mol. The SMILES string of the molecule is CC(=O)NC1CCC(C)CC1C. The molecule has 1 amide bonds. The number of rotatable bonds is 1. The molecule has 1 saturated carbocycles. The van der Waals surface area contributed by atoms with Gasteiger partial charge in [0.05, 0.1) is 0 Å². The van der Waals surface area contributed by atoms with Gasteiger partial charge in [0.2, 0.25) is 5.91 Å². The first kappa shape index (κ1) is 9.56. The van der Waals surface area contributed by atoms with Crippen LogP contribution in [0.1, 0.15) is 40.0 Å². The Morgan fingerprint density at radius 2 is 2.00 bits per heavy atom. The summed E-state index contributed by atoms with van der Waals surface area (Å²) in [6.07, 6.45) is 3.67. The van der Waals surface area contributed by atoms with Gasteiger partial charge < -0.3 is 5.32 Å². The molecule has 0 saturated heterocycles. The van der Waals surface area contributed by atoms with E-state index in [1.54, 1.807) is 6.92 Å². The molecule has 1 N–H and O–H groups in total. The van der Waals surface area contributed by atoms with Crippen LogP contribution in [0, 0.1) is 11.8 Å². The van der Waals surface area contributed by atoms with E-state index in [1.165, 1.54) is 12.8 Å². The molecule has 70 valence electrons. The Morgan fingerprint density at radius 1 is 1.33 bits per heavy atom. The van der Waals surface area contributed by atoms with E-state index in [4.69, 9.17) is 0 Å². The Balaban J connectivity index is 2.39. The van der Waals surface area contributed by atoms with Crippen LogP contribution in [0.4, 0.5) is 0 Å². The van der Waals surface area contributed by atoms with Crippen molar-refractivity contribution in [2.45, 2.75) is 46.1 Å². The third-order valence-electron chi connectivity index (χ3n) is 2.82. The first-order chi connectivity index (χ1) is 5.59. The van der Waals surface area contributed by atoms with Crippen molar-refractivity contribution < 1.29 is 4.79 Å². The zero-order chi connectivity index (χ0) is 9.14. The highest BCUT2D eigenvalue weighted by atomic mass is 16.1. The molecule has 0 spiro atoms. The first-order valence-electron chi connectivity index (χ1n) is 4.86. The highest BCUT2D eigenvalue weighted by Gasteiger charge is 2.25. The third kappa shape index (κ3) is 2.50. The minimum Gasteiger partial charge on any atom is -0.353 e. The lowest BCUT2D eigenvalue weighted by atomic mass is 9.80. The maximum atomic E-state index is 10.8. The summed E-state index contributed by atoms with van der Waals surface area (Å²) in [5.74, 6) is 1.60. The van der Waals surface area contributed by atoms with Gasteiger partial charge in [-0.1, -0.05) is 13.8 Å². The molecule has 0 radical (unpaired) electrons. The summed E-state index contributed by atoms with van der Waals surface area (Å²) in [6.45, 7) is 6.13. The maximum Gasteiger partial charge on any atom is 0.217 e. The Kier molecular flexibility index (Phi) is 3.12. The van der Waals surface area contributed by atoms with Crippen LogP contribution in [0.2, 0.25) is 0 Å². The zero-order valence-electron chi connectivity index (χ0n) is 8.26. The summed E-state index contributed by atoms with van der Waals surface area (Å²) in [5.41, 5.74) is 0. The quantitative estimate of drug-likeness (QED) is 0.638. The molecule has 1 rings (SSSR count). The first-order valence-corrected chi connectivity index (χ1v) is 4.86. The topological polar surface area (TPSA) is 29.1 Å². The molecular formula is C10H19NO. The highest BCUT2D eigenvalue weighted by Crippen LogP contribution is 2.28. The van der Waals surface area contributed by atoms with E-state index < -0.39 is 0 Å². The molecule has 0 aromatic carbocycles. The molecular weight excluding hydrogens is 150 g/mol. The number of nitrogens with one attached hydrogen (secondary N) is 1. The van der Waals surface area contributed by atoms with Crippen molar-refractivity contribution in [3.63, 3.8) is 0 Å². The lowest BCUT2D eigenvalue weighted by Gasteiger charge is -2.32. The Bertz CT molecular complexity index is 167. The Morgan fingerprint density at radius 3 is 2.50 bits per heavy atom. The van der Waals surface area contributed by atoms with E-state index in [-0.39, 0.29) is 5.91 Å². The molecule has 1 aliphatic carbocycles. The van der Waals surface area contributed by atoms with Crippen LogP contribution in [0.5, 0.6) is 0 Å². The van der Waals surface area contributed by atoms with Gasteiger partial charge in [0.25, 0.3) is 0 Å². The number of hydrogen-bond acceptors (Lipinski definition) is 1. The summed E-state index contributed by atoms with van der Waals surface area (Å²) >= 11 is 0. The summed E-state index contributed by atoms with van der Waals surface area (Å²) < 4.78 is 0. The fraction of sp³-hybridized carbons (Fsp3) is 0.900. The molecule has 0 heterocycles. The van der Waals surface area contributed by atoms with Crippen molar-refractivity contribution in [1.82, 2.24) is 5.32 Å². The molecule has 0 aromatic heterocycles. The number of amides is 1. The second-order valence-electron chi connectivity index (χ2n) is 4.20.